The Morgan fingerprint density at radius 1 is 0.712 bits per heavy atom. The van der Waals surface area contributed by atoms with Crippen molar-refractivity contribution in [2.75, 3.05) is 9.80 Å². The SMILES string of the molecule is Cc1cc2c3c(c1)N(c1ccc(C(C)(C)C)cc1)c1c(sc4cc5c(cc14)C(C)(I)CCC5(C)C)B3c1ccc(C(C)(C)C)cc1N2c1ccccc1C1=CC=CCC1. The highest BCUT2D eigenvalue weighted by molar-refractivity contribution is 14.1. The van der Waals surface area contributed by atoms with Crippen LogP contribution in [-0.4, -0.2) is 6.71 Å². The lowest BCUT2D eigenvalue weighted by Crippen LogP contribution is -2.60. The molecule has 3 heterocycles. The van der Waals surface area contributed by atoms with E-state index in [0.717, 1.165) is 12.8 Å². The van der Waals surface area contributed by atoms with Gasteiger partial charge in [-0.05, 0) is 149 Å². The third kappa shape index (κ3) is 6.22. The minimum atomic E-state index is -0.00172. The molecule has 0 amide bonds. The van der Waals surface area contributed by atoms with Crippen molar-refractivity contribution in [2.45, 2.75) is 115 Å². The molecule has 10 rings (SSSR count). The number of aryl methyl sites for hydroxylation is 1. The third-order valence-corrected chi connectivity index (χ3v) is 16.1. The van der Waals surface area contributed by atoms with E-state index in [1.165, 1.54) is 112 Å². The lowest BCUT2D eigenvalue weighted by atomic mass is 9.36. The number of fused-ring (bicyclic) bond motifs is 7. The molecule has 0 saturated carbocycles. The molecule has 5 heteroatoms. The van der Waals surface area contributed by atoms with E-state index < -0.39 is 0 Å². The highest BCUT2D eigenvalue weighted by Crippen LogP contribution is 2.54. The normalized spacial score (nSPS) is 19.3. The zero-order valence-corrected chi connectivity index (χ0v) is 39.5. The summed E-state index contributed by atoms with van der Waals surface area (Å²) in [6, 6.07) is 36.3. The topological polar surface area (TPSA) is 6.48 Å². The molecule has 5 aromatic carbocycles. The largest absolute Gasteiger partial charge is 0.311 e. The van der Waals surface area contributed by atoms with Crippen LogP contribution in [0.1, 0.15) is 121 Å². The van der Waals surface area contributed by atoms with Crippen molar-refractivity contribution in [3.63, 3.8) is 0 Å². The Balaban J connectivity index is 1.32. The number of anilines is 6. The Morgan fingerprint density at radius 2 is 1.41 bits per heavy atom. The molecule has 1 unspecified atom stereocenters. The number of halogens is 1. The van der Waals surface area contributed by atoms with E-state index in [9.17, 15) is 0 Å². The van der Waals surface area contributed by atoms with Crippen molar-refractivity contribution in [3.8, 4) is 0 Å². The minimum Gasteiger partial charge on any atom is -0.311 e. The number of hydrogen-bond donors (Lipinski definition) is 0. The van der Waals surface area contributed by atoms with Crippen LogP contribution < -0.4 is 25.5 Å². The maximum absolute atomic E-state index is 2.76. The minimum absolute atomic E-state index is 0.00172. The summed E-state index contributed by atoms with van der Waals surface area (Å²) in [5.41, 5.74) is 20.5. The highest BCUT2D eigenvalue weighted by Gasteiger charge is 2.47. The molecule has 0 radical (unpaired) electrons. The Morgan fingerprint density at radius 3 is 2.10 bits per heavy atom. The van der Waals surface area contributed by atoms with Gasteiger partial charge in [0, 0.05) is 46.6 Å². The number of alkyl halides is 1. The first-order chi connectivity index (χ1) is 27.9. The number of benzene rings is 5. The van der Waals surface area contributed by atoms with Crippen LogP contribution >= 0.6 is 33.9 Å². The predicted octanol–water partition coefficient (Wildman–Crippen LogP) is 14.3. The van der Waals surface area contributed by atoms with Crippen LogP contribution in [0.4, 0.5) is 34.1 Å². The van der Waals surface area contributed by atoms with Gasteiger partial charge in [0.25, 0.3) is 6.71 Å². The standard InChI is InChI=1S/C54H56BIN2S/c1-33-28-45-48-46(29-33)58(43-19-15-14-18-38(43)34-16-12-11-13-17-34)44-30-36(52(5,6)7)22-25-42(44)55(48)50-49(57(45)37-23-20-35(21-24-37)51(2,3)4)39-31-41-40(32-47(39)59-50)53(8,9)26-27-54(41,10)56/h11-12,14-16,18-25,28-32H,13,17,26-27H2,1-10H3. The Bertz CT molecular complexity index is 2770. The average Bonchev–Trinajstić information content (AvgIpc) is 3.57. The Hall–Kier alpha value is -4.07. The maximum Gasteiger partial charge on any atom is 0.264 e. The Labute approximate surface area is 370 Å². The molecule has 2 aliphatic carbocycles. The number of thiophene rings is 1. The van der Waals surface area contributed by atoms with Gasteiger partial charge in [-0.1, -0.05) is 139 Å². The van der Waals surface area contributed by atoms with E-state index in [-0.39, 0.29) is 26.4 Å². The Kier molecular flexibility index (Phi) is 8.92. The van der Waals surface area contributed by atoms with Gasteiger partial charge in [-0.3, -0.25) is 0 Å². The summed E-state index contributed by atoms with van der Waals surface area (Å²) in [5, 5.41) is 1.39. The highest BCUT2D eigenvalue weighted by atomic mass is 127. The van der Waals surface area contributed by atoms with Crippen LogP contribution in [-0.2, 0) is 19.7 Å². The van der Waals surface area contributed by atoms with Gasteiger partial charge in [0.1, 0.15) is 0 Å². The molecule has 298 valence electrons. The first-order valence-electron chi connectivity index (χ1n) is 21.7. The van der Waals surface area contributed by atoms with Crippen LogP contribution in [0.15, 0.2) is 109 Å². The molecule has 2 nitrogen and oxygen atoms in total. The fourth-order valence-electron chi connectivity index (χ4n) is 10.3. The van der Waals surface area contributed by atoms with E-state index in [0.29, 0.717) is 0 Å². The summed E-state index contributed by atoms with van der Waals surface area (Å²) in [7, 11) is 0. The van der Waals surface area contributed by atoms with Crippen LogP contribution in [0.2, 0.25) is 0 Å². The molecule has 0 bridgehead atoms. The molecule has 2 aliphatic heterocycles. The number of allylic oxidation sites excluding steroid dienone is 4. The second-order valence-electron chi connectivity index (χ2n) is 20.6. The summed E-state index contributed by atoms with van der Waals surface area (Å²) < 4.78 is 2.93. The molecule has 0 spiro atoms. The molecule has 0 N–H and O–H groups in total. The lowest BCUT2D eigenvalue weighted by Gasteiger charge is -2.44. The van der Waals surface area contributed by atoms with Gasteiger partial charge >= 0.3 is 0 Å². The molecule has 4 aliphatic rings. The van der Waals surface area contributed by atoms with Gasteiger partial charge in [-0.25, -0.2) is 0 Å². The van der Waals surface area contributed by atoms with E-state index in [1.54, 1.807) is 0 Å². The van der Waals surface area contributed by atoms with Gasteiger partial charge in [0.05, 0.1) is 11.4 Å². The lowest BCUT2D eigenvalue weighted by molar-refractivity contribution is 0.395. The summed E-state index contributed by atoms with van der Waals surface area (Å²) >= 11 is 4.79. The molecular formula is C54H56BIN2S. The third-order valence-electron chi connectivity index (χ3n) is 13.8. The van der Waals surface area contributed by atoms with Gasteiger partial charge in [-0.2, -0.15) is 0 Å². The molecular weight excluding hydrogens is 846 g/mol. The van der Waals surface area contributed by atoms with E-state index >= 15 is 0 Å². The van der Waals surface area contributed by atoms with Crippen LogP contribution in [0.5, 0.6) is 0 Å². The van der Waals surface area contributed by atoms with Gasteiger partial charge in [-0.15, -0.1) is 11.3 Å². The average molecular weight is 903 g/mol. The van der Waals surface area contributed by atoms with Crippen molar-refractivity contribution in [1.29, 1.82) is 0 Å². The summed E-state index contributed by atoms with van der Waals surface area (Å²) in [6.45, 7) is 23.8. The zero-order valence-electron chi connectivity index (χ0n) is 36.5. The van der Waals surface area contributed by atoms with Gasteiger partial charge in [0.15, 0.2) is 0 Å². The number of para-hydroxylation sites is 1. The zero-order chi connectivity index (χ0) is 41.4. The van der Waals surface area contributed by atoms with Crippen molar-refractivity contribution in [1.82, 2.24) is 0 Å². The number of hydrogen-bond acceptors (Lipinski definition) is 3. The second-order valence-corrected chi connectivity index (χ2v) is 24.1. The van der Waals surface area contributed by atoms with Crippen molar-refractivity contribution in [3.05, 3.63) is 143 Å². The first kappa shape index (κ1) is 39.1. The maximum atomic E-state index is 2.76. The van der Waals surface area contributed by atoms with Crippen molar-refractivity contribution in [2.24, 2.45) is 0 Å². The number of nitrogens with zero attached hydrogens (tertiary/aromatic N) is 2. The summed E-state index contributed by atoms with van der Waals surface area (Å²) in [5.74, 6) is 0. The fourth-order valence-corrected chi connectivity index (χ4v) is 12.4. The monoisotopic (exact) mass is 902 g/mol. The smallest absolute Gasteiger partial charge is 0.264 e. The van der Waals surface area contributed by atoms with Gasteiger partial charge < -0.3 is 9.80 Å². The first-order valence-corrected chi connectivity index (χ1v) is 23.6. The second kappa shape index (κ2) is 13.5. The van der Waals surface area contributed by atoms with Crippen LogP contribution in [0, 0.1) is 6.92 Å². The molecule has 59 heavy (non-hydrogen) atoms. The van der Waals surface area contributed by atoms with Crippen LogP contribution in [0.25, 0.3) is 15.7 Å². The number of rotatable bonds is 3. The molecule has 6 aromatic rings. The quantitative estimate of drug-likeness (QED) is 0.0990. The van der Waals surface area contributed by atoms with Crippen molar-refractivity contribution >= 4 is 106 Å². The molecule has 0 saturated heterocycles. The van der Waals surface area contributed by atoms with Crippen LogP contribution in [0.3, 0.4) is 0 Å². The molecule has 1 atom stereocenters. The van der Waals surface area contributed by atoms with E-state index in [1.807, 2.05) is 11.3 Å². The van der Waals surface area contributed by atoms with E-state index in [2.05, 4.69) is 211 Å². The predicted molar refractivity (Wildman–Crippen MR) is 268 cm³/mol. The molecule has 0 fully saturated rings. The molecule has 1 aromatic heterocycles. The summed E-state index contributed by atoms with van der Waals surface area (Å²) in [4.78, 5) is 5.30. The summed E-state index contributed by atoms with van der Waals surface area (Å²) in [6.07, 6.45) is 11.4. The van der Waals surface area contributed by atoms with Gasteiger partial charge in [0.2, 0.25) is 0 Å². The van der Waals surface area contributed by atoms with Crippen molar-refractivity contribution < 1.29 is 0 Å². The van der Waals surface area contributed by atoms with E-state index in [4.69, 9.17) is 0 Å². The fraction of sp³-hybridized carbons (Fsp3) is 0.333.